The van der Waals surface area contributed by atoms with Gasteiger partial charge in [0.15, 0.2) is 0 Å². The summed E-state index contributed by atoms with van der Waals surface area (Å²) in [5, 5.41) is 15.4. The molecular formula is C53H41N3. The standard InChI is InChI=1S/C53H41N3/c1-2-16-48-43(9-1)35-51(50-18-4-3-17-49(48)50)47-33-45(41-13-6-12-40(30-41)39-11-5-10-38(29-39)36-21-25-54-26-22-36)32-46(34-47)42-14-7-15-44(31-42)53-20-8-19-52(56-53)37-23-27-55-28-24-37/h1-25,27,29-35,53-56H,26,28H2. The number of dihydropyridines is 3. The molecule has 0 radical (unpaired) electrons. The second-order valence-corrected chi connectivity index (χ2v) is 14.7. The molecule has 3 nitrogen and oxygen atoms in total. The van der Waals surface area contributed by atoms with Crippen molar-refractivity contribution in [3.63, 3.8) is 0 Å². The summed E-state index contributed by atoms with van der Waals surface area (Å²) in [6, 6.07) is 54.1. The SMILES string of the molecule is C1=CC(c2cccc(-c3cc(-c4cccc(-c5cccc(C6=CCNC=C6)c5)c4)cc(-c4cc5ccccc5c5ccccc45)c3)c2)NC(C2=CCNC=C2)=C1. The number of hydrogen-bond acceptors (Lipinski definition) is 3. The highest BCUT2D eigenvalue weighted by Crippen LogP contribution is 2.40. The van der Waals surface area contributed by atoms with Crippen LogP contribution in [0.2, 0.25) is 0 Å². The zero-order valence-electron chi connectivity index (χ0n) is 31.0. The van der Waals surface area contributed by atoms with Gasteiger partial charge in [0.25, 0.3) is 0 Å². The third-order valence-electron chi connectivity index (χ3n) is 11.1. The maximum absolute atomic E-state index is 3.79. The van der Waals surface area contributed by atoms with E-state index >= 15 is 0 Å². The third kappa shape index (κ3) is 6.54. The summed E-state index contributed by atoms with van der Waals surface area (Å²) in [5.41, 5.74) is 15.7. The van der Waals surface area contributed by atoms with Crippen molar-refractivity contribution in [3.8, 4) is 44.5 Å². The minimum atomic E-state index is 0.0646. The fraction of sp³-hybridized carbons (Fsp3) is 0.0566. The Balaban J connectivity index is 1.10. The van der Waals surface area contributed by atoms with Gasteiger partial charge in [-0.05, 0) is 161 Å². The van der Waals surface area contributed by atoms with E-state index in [4.69, 9.17) is 0 Å². The molecule has 56 heavy (non-hydrogen) atoms. The summed E-state index contributed by atoms with van der Waals surface area (Å²) >= 11 is 0. The second-order valence-electron chi connectivity index (χ2n) is 14.7. The summed E-state index contributed by atoms with van der Waals surface area (Å²) in [6.07, 6.45) is 19.4. The minimum Gasteiger partial charge on any atom is -0.387 e. The van der Waals surface area contributed by atoms with Crippen LogP contribution in [0.4, 0.5) is 0 Å². The van der Waals surface area contributed by atoms with E-state index in [9.17, 15) is 0 Å². The molecule has 3 heterocycles. The van der Waals surface area contributed by atoms with Crippen molar-refractivity contribution in [2.24, 2.45) is 0 Å². The summed E-state index contributed by atoms with van der Waals surface area (Å²) in [4.78, 5) is 0. The Morgan fingerprint density at radius 1 is 0.446 bits per heavy atom. The molecule has 0 amide bonds. The molecule has 0 fully saturated rings. The Labute approximate surface area is 328 Å². The van der Waals surface area contributed by atoms with Crippen molar-refractivity contribution < 1.29 is 0 Å². The van der Waals surface area contributed by atoms with E-state index in [-0.39, 0.29) is 6.04 Å². The van der Waals surface area contributed by atoms with Gasteiger partial charge in [-0.1, -0.05) is 127 Å². The van der Waals surface area contributed by atoms with Gasteiger partial charge in [-0.3, -0.25) is 0 Å². The Morgan fingerprint density at radius 2 is 1.02 bits per heavy atom. The van der Waals surface area contributed by atoms with Crippen LogP contribution in [0.15, 0.2) is 212 Å². The molecule has 3 aliphatic heterocycles. The first-order valence-electron chi connectivity index (χ1n) is 19.5. The van der Waals surface area contributed by atoms with Gasteiger partial charge < -0.3 is 16.0 Å². The smallest absolute Gasteiger partial charge is 0.0701 e. The van der Waals surface area contributed by atoms with Crippen LogP contribution in [0, 0.1) is 0 Å². The van der Waals surface area contributed by atoms with Crippen LogP contribution < -0.4 is 16.0 Å². The lowest BCUT2D eigenvalue weighted by atomic mass is 9.88. The first-order valence-corrected chi connectivity index (χ1v) is 19.5. The molecule has 3 heteroatoms. The van der Waals surface area contributed by atoms with Crippen molar-refractivity contribution in [1.29, 1.82) is 0 Å². The number of benzene rings is 7. The fourth-order valence-corrected chi connectivity index (χ4v) is 8.30. The van der Waals surface area contributed by atoms with Gasteiger partial charge >= 0.3 is 0 Å². The van der Waals surface area contributed by atoms with E-state index in [0.717, 1.165) is 18.8 Å². The normalized spacial score (nSPS) is 16.1. The Morgan fingerprint density at radius 3 is 1.75 bits per heavy atom. The molecule has 1 atom stereocenters. The van der Waals surface area contributed by atoms with Gasteiger partial charge in [0.05, 0.1) is 6.04 Å². The number of nitrogens with one attached hydrogen (secondary N) is 3. The van der Waals surface area contributed by atoms with Crippen molar-refractivity contribution in [2.75, 3.05) is 13.1 Å². The zero-order chi connectivity index (χ0) is 37.3. The van der Waals surface area contributed by atoms with E-state index < -0.39 is 0 Å². The predicted octanol–water partition coefficient (Wildman–Crippen LogP) is 12.3. The first-order chi connectivity index (χ1) is 27.7. The van der Waals surface area contributed by atoms with E-state index in [1.54, 1.807) is 0 Å². The highest BCUT2D eigenvalue weighted by atomic mass is 14.9. The largest absolute Gasteiger partial charge is 0.387 e. The molecular weight excluding hydrogens is 679 g/mol. The van der Waals surface area contributed by atoms with Gasteiger partial charge in [0, 0.05) is 18.8 Å². The molecule has 10 rings (SSSR count). The van der Waals surface area contributed by atoms with Gasteiger partial charge in [-0.25, -0.2) is 0 Å². The van der Waals surface area contributed by atoms with E-state index in [1.807, 2.05) is 12.4 Å². The van der Waals surface area contributed by atoms with E-state index in [0.29, 0.717) is 0 Å². The summed E-state index contributed by atoms with van der Waals surface area (Å²) in [6.45, 7) is 1.68. The quantitative estimate of drug-likeness (QED) is 0.144. The van der Waals surface area contributed by atoms with Gasteiger partial charge in [-0.2, -0.15) is 0 Å². The first kappa shape index (κ1) is 33.5. The maximum Gasteiger partial charge on any atom is 0.0701 e. The molecule has 0 aliphatic carbocycles. The van der Waals surface area contributed by atoms with Crippen LogP contribution in [0.25, 0.3) is 71.6 Å². The van der Waals surface area contributed by atoms with Crippen LogP contribution in [0.3, 0.4) is 0 Å². The Bertz CT molecular complexity index is 2850. The number of allylic oxidation sites excluding steroid dienone is 5. The highest BCUT2D eigenvalue weighted by Gasteiger charge is 2.17. The second kappa shape index (κ2) is 14.6. The van der Waals surface area contributed by atoms with Crippen LogP contribution in [0.5, 0.6) is 0 Å². The molecule has 3 aliphatic rings. The Kier molecular flexibility index (Phi) is 8.74. The summed E-state index contributed by atoms with van der Waals surface area (Å²) in [5.74, 6) is 0. The molecule has 0 spiro atoms. The average molecular weight is 720 g/mol. The van der Waals surface area contributed by atoms with Crippen molar-refractivity contribution in [2.45, 2.75) is 6.04 Å². The van der Waals surface area contributed by atoms with Crippen LogP contribution in [0.1, 0.15) is 17.2 Å². The van der Waals surface area contributed by atoms with Crippen molar-refractivity contribution >= 4 is 27.1 Å². The number of rotatable bonds is 7. The third-order valence-corrected chi connectivity index (χ3v) is 11.1. The predicted molar refractivity (Wildman–Crippen MR) is 237 cm³/mol. The van der Waals surface area contributed by atoms with Crippen LogP contribution >= 0.6 is 0 Å². The molecule has 0 saturated heterocycles. The summed E-state index contributed by atoms with van der Waals surface area (Å²) < 4.78 is 0. The highest BCUT2D eigenvalue weighted by molar-refractivity contribution is 6.14. The molecule has 3 N–H and O–H groups in total. The molecule has 0 aromatic heterocycles. The summed E-state index contributed by atoms with van der Waals surface area (Å²) in [7, 11) is 0. The molecule has 0 bridgehead atoms. The number of fused-ring (bicyclic) bond motifs is 3. The Hall–Kier alpha value is -7.10. The molecule has 7 aromatic rings. The van der Waals surface area contributed by atoms with Crippen LogP contribution in [-0.2, 0) is 0 Å². The van der Waals surface area contributed by atoms with Gasteiger partial charge in [-0.15, -0.1) is 0 Å². The van der Waals surface area contributed by atoms with Crippen LogP contribution in [-0.4, -0.2) is 13.1 Å². The van der Waals surface area contributed by atoms with Gasteiger partial charge in [0.2, 0.25) is 0 Å². The van der Waals surface area contributed by atoms with Gasteiger partial charge in [0.1, 0.15) is 0 Å². The van der Waals surface area contributed by atoms with Crippen molar-refractivity contribution in [1.82, 2.24) is 16.0 Å². The monoisotopic (exact) mass is 719 g/mol. The molecule has 1 unspecified atom stereocenters. The molecule has 7 aromatic carbocycles. The lowest BCUT2D eigenvalue weighted by Gasteiger charge is -2.24. The average Bonchev–Trinajstić information content (AvgIpc) is 3.29. The fourth-order valence-electron chi connectivity index (χ4n) is 8.30. The van der Waals surface area contributed by atoms with E-state index in [2.05, 4.69) is 204 Å². The zero-order valence-corrected chi connectivity index (χ0v) is 31.0. The maximum atomic E-state index is 3.79. The minimum absolute atomic E-state index is 0.0646. The van der Waals surface area contributed by atoms with E-state index in [1.165, 1.54) is 88.3 Å². The molecule has 0 saturated carbocycles. The lowest BCUT2D eigenvalue weighted by molar-refractivity contribution is 0.712. The molecule has 268 valence electrons. The lowest BCUT2D eigenvalue weighted by Crippen LogP contribution is -2.23. The topological polar surface area (TPSA) is 36.1 Å². The number of hydrogen-bond donors (Lipinski definition) is 3. The van der Waals surface area contributed by atoms with Crippen molar-refractivity contribution in [3.05, 3.63) is 223 Å².